The summed E-state index contributed by atoms with van der Waals surface area (Å²) in [7, 11) is 0. The van der Waals surface area contributed by atoms with Crippen LogP contribution in [0.2, 0.25) is 0 Å². The van der Waals surface area contributed by atoms with E-state index in [0.717, 1.165) is 12.8 Å². The minimum atomic E-state index is -0.113. The van der Waals surface area contributed by atoms with Gasteiger partial charge in [-0.3, -0.25) is 0 Å². The van der Waals surface area contributed by atoms with Crippen molar-refractivity contribution in [2.24, 2.45) is 0 Å². The van der Waals surface area contributed by atoms with Gasteiger partial charge in [0.2, 0.25) is 0 Å². The van der Waals surface area contributed by atoms with Crippen LogP contribution in [0.4, 0.5) is 0 Å². The second-order valence-electron chi connectivity index (χ2n) is 6.12. The maximum atomic E-state index is 9.87. The van der Waals surface area contributed by atoms with Crippen LogP contribution in [0.25, 0.3) is 0 Å². The van der Waals surface area contributed by atoms with E-state index in [2.05, 4.69) is 26.0 Å². The summed E-state index contributed by atoms with van der Waals surface area (Å²) in [5.41, 5.74) is 0. The van der Waals surface area contributed by atoms with Crippen LogP contribution in [-0.2, 0) is 0 Å². The van der Waals surface area contributed by atoms with Crippen molar-refractivity contribution >= 4 is 0 Å². The third kappa shape index (κ3) is 15.8. The van der Waals surface area contributed by atoms with Crippen LogP contribution in [0.5, 0.6) is 0 Å². The molecule has 0 saturated carbocycles. The van der Waals surface area contributed by atoms with Crippen LogP contribution in [0.3, 0.4) is 0 Å². The number of aliphatic hydroxyl groups excluding tert-OH is 1. The average molecular weight is 283 g/mol. The van der Waals surface area contributed by atoms with Gasteiger partial charge in [0.1, 0.15) is 0 Å². The quantitative estimate of drug-likeness (QED) is 0.272. The Labute approximate surface area is 127 Å². The summed E-state index contributed by atoms with van der Waals surface area (Å²) in [5, 5.41) is 9.87. The number of hydrogen-bond acceptors (Lipinski definition) is 1. The van der Waals surface area contributed by atoms with E-state index in [1.54, 1.807) is 0 Å². The Morgan fingerprint density at radius 1 is 0.700 bits per heavy atom. The molecule has 0 rings (SSSR count). The Morgan fingerprint density at radius 3 is 1.90 bits per heavy atom. The first-order valence-electron chi connectivity index (χ1n) is 9.14. The number of unbranched alkanes of at least 4 members (excludes halogenated alkanes) is 10. The Balaban J connectivity index is 3.24. The van der Waals surface area contributed by atoms with Crippen molar-refractivity contribution < 1.29 is 5.11 Å². The summed E-state index contributed by atoms with van der Waals surface area (Å²) in [6.45, 7) is 4.50. The third-order valence-electron chi connectivity index (χ3n) is 3.94. The number of hydrogen-bond donors (Lipinski definition) is 1. The Kier molecular flexibility index (Phi) is 16.5. The molecule has 0 bridgehead atoms. The molecule has 1 unspecified atom stereocenters. The van der Waals surface area contributed by atoms with Crippen molar-refractivity contribution in [2.75, 3.05) is 0 Å². The summed E-state index contributed by atoms with van der Waals surface area (Å²) in [5.74, 6) is 0. The van der Waals surface area contributed by atoms with Gasteiger partial charge < -0.3 is 5.11 Å². The molecule has 0 fully saturated rings. The molecular formula is C19H38O. The van der Waals surface area contributed by atoms with Gasteiger partial charge >= 0.3 is 0 Å². The summed E-state index contributed by atoms with van der Waals surface area (Å²) in [4.78, 5) is 0. The second kappa shape index (κ2) is 16.8. The van der Waals surface area contributed by atoms with E-state index in [9.17, 15) is 5.11 Å². The zero-order valence-electron chi connectivity index (χ0n) is 14.1. The van der Waals surface area contributed by atoms with Crippen molar-refractivity contribution in [3.63, 3.8) is 0 Å². The largest absolute Gasteiger partial charge is 0.393 e. The van der Waals surface area contributed by atoms with Crippen molar-refractivity contribution in [3.05, 3.63) is 12.2 Å². The SMILES string of the molecule is CCCCCCCC=CCC(O)CCCCCCCC. The minimum Gasteiger partial charge on any atom is -0.393 e. The maximum Gasteiger partial charge on any atom is 0.0574 e. The van der Waals surface area contributed by atoms with Gasteiger partial charge in [-0.2, -0.15) is 0 Å². The molecule has 0 aromatic heterocycles. The highest BCUT2D eigenvalue weighted by atomic mass is 16.3. The van der Waals surface area contributed by atoms with Gasteiger partial charge in [-0.1, -0.05) is 90.2 Å². The van der Waals surface area contributed by atoms with Crippen LogP contribution in [-0.4, -0.2) is 11.2 Å². The molecule has 0 spiro atoms. The molecule has 120 valence electrons. The predicted molar refractivity (Wildman–Crippen MR) is 91.1 cm³/mol. The summed E-state index contributed by atoms with van der Waals surface area (Å²) < 4.78 is 0. The number of allylic oxidation sites excluding steroid dienone is 1. The van der Waals surface area contributed by atoms with Crippen LogP contribution in [0.1, 0.15) is 104 Å². The Hall–Kier alpha value is -0.300. The molecule has 0 aliphatic carbocycles. The first-order valence-corrected chi connectivity index (χ1v) is 9.14. The molecule has 0 heterocycles. The van der Waals surface area contributed by atoms with Crippen molar-refractivity contribution in [1.82, 2.24) is 0 Å². The lowest BCUT2D eigenvalue weighted by molar-refractivity contribution is 0.163. The fourth-order valence-corrected chi connectivity index (χ4v) is 2.52. The highest BCUT2D eigenvalue weighted by molar-refractivity contribution is 4.83. The van der Waals surface area contributed by atoms with E-state index in [0.29, 0.717) is 0 Å². The Bertz CT molecular complexity index is 198. The summed E-state index contributed by atoms with van der Waals surface area (Å²) in [6, 6.07) is 0. The first kappa shape index (κ1) is 19.7. The maximum absolute atomic E-state index is 9.87. The molecule has 1 N–H and O–H groups in total. The predicted octanol–water partition coefficient (Wildman–Crippen LogP) is 6.40. The molecule has 1 nitrogen and oxygen atoms in total. The topological polar surface area (TPSA) is 20.2 Å². The van der Waals surface area contributed by atoms with Crippen LogP contribution in [0, 0.1) is 0 Å². The van der Waals surface area contributed by atoms with E-state index in [1.165, 1.54) is 77.0 Å². The zero-order chi connectivity index (χ0) is 14.9. The number of aliphatic hydroxyl groups is 1. The van der Waals surface area contributed by atoms with Crippen molar-refractivity contribution in [1.29, 1.82) is 0 Å². The highest BCUT2D eigenvalue weighted by Gasteiger charge is 2.00. The molecule has 0 amide bonds. The Morgan fingerprint density at radius 2 is 1.25 bits per heavy atom. The highest BCUT2D eigenvalue weighted by Crippen LogP contribution is 2.11. The monoisotopic (exact) mass is 282 g/mol. The van der Waals surface area contributed by atoms with E-state index < -0.39 is 0 Å². The molecule has 0 aromatic rings. The van der Waals surface area contributed by atoms with Gasteiger partial charge in [0.15, 0.2) is 0 Å². The molecule has 0 aliphatic heterocycles. The normalized spacial score (nSPS) is 13.2. The van der Waals surface area contributed by atoms with Gasteiger partial charge in [0.05, 0.1) is 6.10 Å². The standard InChI is InChI=1S/C19H38O/c1-3-5-7-9-11-12-14-16-18-19(20)17-15-13-10-8-6-4-2/h14,16,19-20H,3-13,15,17-18H2,1-2H3. The van der Waals surface area contributed by atoms with Crippen LogP contribution < -0.4 is 0 Å². The lowest BCUT2D eigenvalue weighted by Gasteiger charge is -2.07. The van der Waals surface area contributed by atoms with E-state index in [1.807, 2.05) is 0 Å². The van der Waals surface area contributed by atoms with Gasteiger partial charge in [-0.15, -0.1) is 0 Å². The molecule has 0 saturated heterocycles. The van der Waals surface area contributed by atoms with Crippen LogP contribution >= 0.6 is 0 Å². The molecule has 20 heavy (non-hydrogen) atoms. The lowest BCUT2D eigenvalue weighted by atomic mass is 10.0. The van der Waals surface area contributed by atoms with E-state index in [4.69, 9.17) is 0 Å². The van der Waals surface area contributed by atoms with Gasteiger partial charge in [0.25, 0.3) is 0 Å². The molecule has 0 aromatic carbocycles. The lowest BCUT2D eigenvalue weighted by Crippen LogP contribution is -2.04. The fourth-order valence-electron chi connectivity index (χ4n) is 2.52. The minimum absolute atomic E-state index is 0.113. The van der Waals surface area contributed by atoms with Crippen molar-refractivity contribution in [2.45, 2.75) is 110 Å². The third-order valence-corrected chi connectivity index (χ3v) is 3.94. The molecule has 1 heteroatoms. The second-order valence-corrected chi connectivity index (χ2v) is 6.12. The molecule has 0 aliphatic rings. The first-order chi connectivity index (χ1) is 9.81. The summed E-state index contributed by atoms with van der Waals surface area (Å²) in [6.07, 6.45) is 22.0. The van der Waals surface area contributed by atoms with Gasteiger partial charge in [-0.05, 0) is 25.7 Å². The molecular weight excluding hydrogens is 244 g/mol. The molecule has 1 atom stereocenters. The number of rotatable bonds is 15. The van der Waals surface area contributed by atoms with E-state index in [-0.39, 0.29) is 6.10 Å². The van der Waals surface area contributed by atoms with Gasteiger partial charge in [0, 0.05) is 0 Å². The van der Waals surface area contributed by atoms with E-state index >= 15 is 0 Å². The van der Waals surface area contributed by atoms with Crippen LogP contribution in [0.15, 0.2) is 12.2 Å². The zero-order valence-corrected chi connectivity index (χ0v) is 14.1. The summed E-state index contributed by atoms with van der Waals surface area (Å²) >= 11 is 0. The smallest absolute Gasteiger partial charge is 0.0574 e. The fraction of sp³-hybridized carbons (Fsp3) is 0.895. The molecule has 0 radical (unpaired) electrons. The van der Waals surface area contributed by atoms with Gasteiger partial charge in [-0.25, -0.2) is 0 Å². The average Bonchev–Trinajstić information content (AvgIpc) is 2.45. The van der Waals surface area contributed by atoms with Crippen molar-refractivity contribution in [3.8, 4) is 0 Å².